The van der Waals surface area contributed by atoms with E-state index < -0.39 is 0 Å². The van der Waals surface area contributed by atoms with E-state index in [2.05, 4.69) is 58.5 Å². The number of hydrogen-bond donors (Lipinski definition) is 0. The molecule has 2 fully saturated rings. The Labute approximate surface area is 248 Å². The highest BCUT2D eigenvalue weighted by Gasteiger charge is 2.37. The number of nitrogens with zero attached hydrogens (tertiary/aromatic N) is 8. The Morgan fingerprint density at radius 1 is 1.17 bits per heavy atom. The van der Waals surface area contributed by atoms with E-state index in [0.717, 1.165) is 74.2 Å². The Morgan fingerprint density at radius 2 is 2.00 bits per heavy atom. The second-order valence-corrected chi connectivity index (χ2v) is 12.3. The minimum atomic E-state index is -0.196. The van der Waals surface area contributed by atoms with E-state index in [0.29, 0.717) is 31.7 Å². The molecule has 4 aliphatic rings. The lowest BCUT2D eigenvalue weighted by Gasteiger charge is -2.45. The fraction of sp³-hybridized carbons (Fsp3) is 0.548. The van der Waals surface area contributed by atoms with Crippen molar-refractivity contribution >= 4 is 35.0 Å². The summed E-state index contributed by atoms with van der Waals surface area (Å²) in [5.74, 6) is 1.65. The molecule has 10 heteroatoms. The van der Waals surface area contributed by atoms with Crippen molar-refractivity contribution in [2.24, 2.45) is 0 Å². The van der Waals surface area contributed by atoms with Crippen LogP contribution in [-0.2, 0) is 24.1 Å². The van der Waals surface area contributed by atoms with Crippen molar-refractivity contribution in [3.8, 4) is 6.07 Å². The highest BCUT2D eigenvalue weighted by molar-refractivity contribution is 6.33. The van der Waals surface area contributed by atoms with Crippen LogP contribution in [0.2, 0.25) is 5.02 Å². The highest BCUT2D eigenvalue weighted by atomic mass is 35.5. The van der Waals surface area contributed by atoms with E-state index in [1.807, 2.05) is 6.07 Å². The van der Waals surface area contributed by atoms with Gasteiger partial charge in [0.25, 0.3) is 0 Å². The van der Waals surface area contributed by atoms with Crippen molar-refractivity contribution in [1.82, 2.24) is 19.8 Å². The minimum Gasteiger partial charge on any atom is -0.367 e. The van der Waals surface area contributed by atoms with Gasteiger partial charge in [-0.25, -0.2) is 4.98 Å². The van der Waals surface area contributed by atoms with Crippen LogP contribution in [0.5, 0.6) is 0 Å². The lowest BCUT2D eigenvalue weighted by molar-refractivity contribution is -0.128. The molecule has 1 aromatic heterocycles. The highest BCUT2D eigenvalue weighted by Crippen LogP contribution is 2.40. The lowest BCUT2D eigenvalue weighted by Crippen LogP contribution is -2.58. The normalized spacial score (nSPS) is 22.6. The number of halogens is 1. The second kappa shape index (κ2) is 11.5. The van der Waals surface area contributed by atoms with Crippen LogP contribution in [0.25, 0.3) is 0 Å². The number of carbonyl (C=O) groups is 1. The van der Waals surface area contributed by atoms with Crippen LogP contribution in [-0.4, -0.2) is 97.2 Å². The molecule has 1 amide bonds. The SMILES string of the molecule is C=CC(=O)N1CCN(c2nc(N3CC(N(C)C)C3)nc3c2CC[C@H](N2CCCc4cccc(Cl)c42)C3)C[C@@H]1CC#N. The molecular formula is C31H39ClN8O. The summed E-state index contributed by atoms with van der Waals surface area (Å²) in [6.07, 6.45) is 6.58. The molecule has 2 saturated heterocycles. The zero-order chi connectivity index (χ0) is 28.7. The van der Waals surface area contributed by atoms with Crippen LogP contribution in [0, 0.1) is 11.3 Å². The standard InChI is InChI=1S/C31H39ClN8O/c1-4-28(41)39-16-15-37(18-23(39)12-13-33)30-25-11-10-22(40-14-6-8-21-7-5-9-26(32)29(21)40)17-27(25)34-31(35-30)38-19-24(20-38)36(2)3/h4-5,7,9,22-24H,1,6,8,10-12,14-20H2,2-3H3/t22-,23-/m0/s1. The molecule has 6 rings (SSSR count). The Balaban J connectivity index is 1.33. The van der Waals surface area contributed by atoms with Crippen LogP contribution in [0.15, 0.2) is 30.9 Å². The van der Waals surface area contributed by atoms with Crippen molar-refractivity contribution in [2.45, 2.75) is 56.7 Å². The van der Waals surface area contributed by atoms with Crippen molar-refractivity contribution < 1.29 is 4.79 Å². The maximum absolute atomic E-state index is 12.5. The molecule has 0 bridgehead atoms. The molecule has 3 aliphatic heterocycles. The fourth-order valence-electron chi connectivity index (χ4n) is 6.92. The average molecular weight is 575 g/mol. The number of fused-ring (bicyclic) bond motifs is 2. The first-order chi connectivity index (χ1) is 19.9. The molecule has 9 nitrogen and oxygen atoms in total. The summed E-state index contributed by atoms with van der Waals surface area (Å²) in [4.78, 5) is 34.0. The van der Waals surface area contributed by atoms with Crippen LogP contribution in [0.3, 0.4) is 0 Å². The number of hydrogen-bond acceptors (Lipinski definition) is 8. The molecule has 1 aliphatic carbocycles. The van der Waals surface area contributed by atoms with Crippen molar-refractivity contribution in [3.05, 3.63) is 52.7 Å². The van der Waals surface area contributed by atoms with E-state index in [9.17, 15) is 10.1 Å². The van der Waals surface area contributed by atoms with Gasteiger partial charge in [0.2, 0.25) is 11.9 Å². The number of likely N-dealkylation sites (N-methyl/N-ethyl adjacent to an activating group) is 1. The van der Waals surface area contributed by atoms with Crippen LogP contribution in [0.1, 0.15) is 36.1 Å². The van der Waals surface area contributed by atoms with E-state index in [1.54, 1.807) is 4.90 Å². The number of rotatable bonds is 6. The molecular weight excluding hydrogens is 536 g/mol. The fourth-order valence-corrected chi connectivity index (χ4v) is 7.22. The number of benzene rings is 1. The molecule has 0 N–H and O–H groups in total. The largest absolute Gasteiger partial charge is 0.367 e. The summed E-state index contributed by atoms with van der Waals surface area (Å²) < 4.78 is 0. The number of para-hydroxylation sites is 1. The molecule has 0 radical (unpaired) electrons. The Morgan fingerprint density at radius 3 is 2.76 bits per heavy atom. The molecule has 2 atom stereocenters. The average Bonchev–Trinajstić information content (AvgIpc) is 2.95. The molecule has 0 spiro atoms. The second-order valence-electron chi connectivity index (χ2n) is 11.9. The topological polar surface area (TPSA) is 82.8 Å². The molecule has 0 saturated carbocycles. The van der Waals surface area contributed by atoms with Crippen LogP contribution in [0.4, 0.5) is 17.5 Å². The van der Waals surface area contributed by atoms with Gasteiger partial charge < -0.3 is 24.5 Å². The van der Waals surface area contributed by atoms with E-state index in [1.165, 1.54) is 22.9 Å². The summed E-state index contributed by atoms with van der Waals surface area (Å²) in [5, 5.41) is 10.4. The van der Waals surface area contributed by atoms with E-state index in [4.69, 9.17) is 21.6 Å². The van der Waals surface area contributed by atoms with Crippen LogP contribution >= 0.6 is 11.6 Å². The first-order valence-electron chi connectivity index (χ1n) is 14.8. The van der Waals surface area contributed by atoms with Gasteiger partial charge in [0.05, 0.1) is 34.9 Å². The molecule has 2 aromatic rings. The molecule has 41 heavy (non-hydrogen) atoms. The lowest BCUT2D eigenvalue weighted by atomic mass is 9.88. The monoisotopic (exact) mass is 574 g/mol. The van der Waals surface area contributed by atoms with Gasteiger partial charge in [-0.15, -0.1) is 0 Å². The summed E-state index contributed by atoms with van der Waals surface area (Å²) in [6, 6.07) is 9.18. The number of piperazine rings is 1. The smallest absolute Gasteiger partial charge is 0.246 e. The van der Waals surface area contributed by atoms with Gasteiger partial charge in [-0.2, -0.15) is 10.2 Å². The zero-order valence-electron chi connectivity index (χ0n) is 24.1. The quantitative estimate of drug-likeness (QED) is 0.486. The first kappa shape index (κ1) is 27.8. The Bertz CT molecular complexity index is 1370. The summed E-state index contributed by atoms with van der Waals surface area (Å²) in [7, 11) is 4.24. The van der Waals surface area contributed by atoms with Gasteiger partial charge in [-0.1, -0.05) is 30.3 Å². The molecule has 1 aromatic carbocycles. The van der Waals surface area contributed by atoms with Gasteiger partial charge in [-0.05, 0) is 57.5 Å². The van der Waals surface area contributed by atoms with Gasteiger partial charge in [0, 0.05) is 63.3 Å². The number of amides is 1. The summed E-state index contributed by atoms with van der Waals surface area (Å²) >= 11 is 6.76. The molecule has 0 unspecified atom stereocenters. The van der Waals surface area contributed by atoms with Gasteiger partial charge >= 0.3 is 0 Å². The predicted octanol–water partition coefficient (Wildman–Crippen LogP) is 3.31. The van der Waals surface area contributed by atoms with Gasteiger partial charge in [0.1, 0.15) is 5.82 Å². The zero-order valence-corrected chi connectivity index (χ0v) is 24.9. The van der Waals surface area contributed by atoms with Gasteiger partial charge in [0.15, 0.2) is 0 Å². The molecule has 4 heterocycles. The van der Waals surface area contributed by atoms with E-state index in [-0.39, 0.29) is 18.4 Å². The maximum Gasteiger partial charge on any atom is 0.246 e. The summed E-state index contributed by atoms with van der Waals surface area (Å²) in [6.45, 7) is 8.28. The third-order valence-corrected chi connectivity index (χ3v) is 9.61. The Hall–Kier alpha value is -3.35. The first-order valence-corrected chi connectivity index (χ1v) is 15.2. The number of carbonyl (C=O) groups excluding carboxylic acids is 1. The van der Waals surface area contributed by atoms with Gasteiger partial charge in [-0.3, -0.25) is 4.79 Å². The Kier molecular flexibility index (Phi) is 7.80. The maximum atomic E-state index is 12.5. The third-order valence-electron chi connectivity index (χ3n) is 9.30. The summed E-state index contributed by atoms with van der Waals surface area (Å²) in [5.41, 5.74) is 4.87. The van der Waals surface area contributed by atoms with Crippen LogP contribution < -0.4 is 14.7 Å². The predicted molar refractivity (Wildman–Crippen MR) is 163 cm³/mol. The van der Waals surface area contributed by atoms with Crippen molar-refractivity contribution in [3.63, 3.8) is 0 Å². The third kappa shape index (κ3) is 5.24. The minimum absolute atomic E-state index is 0.117. The molecule has 216 valence electrons. The number of nitriles is 1. The number of aromatic nitrogens is 2. The van der Waals surface area contributed by atoms with Crippen molar-refractivity contribution in [1.29, 1.82) is 5.26 Å². The number of aryl methyl sites for hydroxylation is 1. The van der Waals surface area contributed by atoms with Crippen molar-refractivity contribution in [2.75, 3.05) is 68.1 Å². The van der Waals surface area contributed by atoms with E-state index >= 15 is 0 Å². The number of anilines is 3.